The van der Waals surface area contributed by atoms with E-state index in [1.807, 2.05) is 0 Å². The van der Waals surface area contributed by atoms with E-state index in [0.29, 0.717) is 6.04 Å². The summed E-state index contributed by atoms with van der Waals surface area (Å²) in [4.78, 5) is 2.45. The molecule has 0 N–H and O–H groups in total. The minimum absolute atomic E-state index is 0.514. The number of hydrogen-bond acceptors (Lipinski definition) is 1. The third-order valence-corrected chi connectivity index (χ3v) is 4.46. The summed E-state index contributed by atoms with van der Waals surface area (Å²) in [6, 6.07) is 28.7. The second kappa shape index (κ2) is 5.34. The molecule has 1 heteroatoms. The molecule has 0 spiro atoms. The number of hydrogen-bond donors (Lipinski definition) is 0. The van der Waals surface area contributed by atoms with Crippen molar-refractivity contribution in [2.75, 3.05) is 4.90 Å². The highest BCUT2D eigenvalue weighted by Gasteiger charge is 2.26. The molecule has 3 aromatic rings. The fraction of sp³-hybridized carbons (Fsp3) is 0.143. The van der Waals surface area contributed by atoms with Crippen molar-refractivity contribution in [3.05, 3.63) is 84.4 Å². The van der Waals surface area contributed by atoms with E-state index in [1.165, 1.54) is 28.1 Å². The second-order valence-corrected chi connectivity index (χ2v) is 5.96. The lowest BCUT2D eigenvalue weighted by atomic mass is 10.1. The van der Waals surface area contributed by atoms with Crippen molar-refractivity contribution in [2.45, 2.75) is 19.4 Å². The van der Waals surface area contributed by atoms with Crippen LogP contribution < -0.4 is 4.90 Å². The SMILES string of the molecule is CC1Cc2ccccc2N1c1ccc(-c2ccccc2)cc1. The zero-order valence-corrected chi connectivity index (χ0v) is 12.7. The van der Waals surface area contributed by atoms with E-state index >= 15 is 0 Å². The Morgan fingerprint density at radius 2 is 1.36 bits per heavy atom. The summed E-state index contributed by atoms with van der Waals surface area (Å²) in [6.07, 6.45) is 1.12. The molecular formula is C21H19N. The van der Waals surface area contributed by atoms with Crippen LogP contribution in [0.3, 0.4) is 0 Å². The van der Waals surface area contributed by atoms with Gasteiger partial charge in [-0.25, -0.2) is 0 Å². The van der Waals surface area contributed by atoms with Crippen LogP contribution in [0.25, 0.3) is 11.1 Å². The molecule has 108 valence electrons. The van der Waals surface area contributed by atoms with Gasteiger partial charge >= 0.3 is 0 Å². The average molecular weight is 285 g/mol. The van der Waals surface area contributed by atoms with Crippen LogP contribution in [0.15, 0.2) is 78.9 Å². The lowest BCUT2D eigenvalue weighted by molar-refractivity contribution is 0.759. The molecule has 0 saturated carbocycles. The first-order valence-corrected chi connectivity index (χ1v) is 7.85. The molecular weight excluding hydrogens is 266 g/mol. The largest absolute Gasteiger partial charge is 0.338 e. The summed E-state index contributed by atoms with van der Waals surface area (Å²) in [5, 5.41) is 0. The fourth-order valence-electron chi connectivity index (χ4n) is 3.40. The summed E-state index contributed by atoms with van der Waals surface area (Å²) >= 11 is 0. The molecule has 0 bridgehead atoms. The quantitative estimate of drug-likeness (QED) is 0.606. The van der Waals surface area contributed by atoms with Gasteiger partial charge in [-0.3, -0.25) is 0 Å². The zero-order valence-electron chi connectivity index (χ0n) is 12.7. The van der Waals surface area contributed by atoms with Crippen LogP contribution in [0.5, 0.6) is 0 Å². The average Bonchev–Trinajstić information content (AvgIpc) is 2.91. The number of benzene rings is 3. The Labute approximate surface area is 131 Å². The Hall–Kier alpha value is -2.54. The van der Waals surface area contributed by atoms with E-state index in [4.69, 9.17) is 0 Å². The van der Waals surface area contributed by atoms with Crippen LogP contribution in [-0.4, -0.2) is 6.04 Å². The standard InChI is InChI=1S/C21H19N/c1-16-15-19-9-5-6-10-21(19)22(16)20-13-11-18(12-14-20)17-7-3-2-4-8-17/h2-14,16H,15H2,1H3. The van der Waals surface area contributed by atoms with Crippen LogP contribution in [0.1, 0.15) is 12.5 Å². The van der Waals surface area contributed by atoms with Gasteiger partial charge in [0, 0.05) is 17.4 Å². The maximum absolute atomic E-state index is 2.45. The fourth-order valence-corrected chi connectivity index (χ4v) is 3.40. The van der Waals surface area contributed by atoms with Crippen molar-refractivity contribution in [1.29, 1.82) is 0 Å². The van der Waals surface area contributed by atoms with Crippen molar-refractivity contribution < 1.29 is 0 Å². The van der Waals surface area contributed by atoms with Crippen molar-refractivity contribution in [3.63, 3.8) is 0 Å². The Morgan fingerprint density at radius 1 is 0.727 bits per heavy atom. The van der Waals surface area contributed by atoms with Gasteiger partial charge in [0.2, 0.25) is 0 Å². The van der Waals surface area contributed by atoms with E-state index in [1.54, 1.807) is 0 Å². The molecule has 1 unspecified atom stereocenters. The highest BCUT2D eigenvalue weighted by atomic mass is 15.2. The van der Waals surface area contributed by atoms with Crippen molar-refractivity contribution in [3.8, 4) is 11.1 Å². The molecule has 0 aromatic heterocycles. The third kappa shape index (κ3) is 2.19. The summed E-state index contributed by atoms with van der Waals surface area (Å²) in [5.41, 5.74) is 6.61. The molecule has 22 heavy (non-hydrogen) atoms. The third-order valence-electron chi connectivity index (χ3n) is 4.46. The van der Waals surface area contributed by atoms with Gasteiger partial charge in [0.25, 0.3) is 0 Å². The minimum atomic E-state index is 0.514. The summed E-state index contributed by atoms with van der Waals surface area (Å²) in [5.74, 6) is 0. The van der Waals surface area contributed by atoms with Gasteiger partial charge in [-0.15, -0.1) is 0 Å². The van der Waals surface area contributed by atoms with Crippen LogP contribution in [-0.2, 0) is 6.42 Å². The van der Waals surface area contributed by atoms with Crippen molar-refractivity contribution in [1.82, 2.24) is 0 Å². The Kier molecular flexibility index (Phi) is 3.19. The van der Waals surface area contributed by atoms with Crippen molar-refractivity contribution >= 4 is 11.4 Å². The van der Waals surface area contributed by atoms with Gasteiger partial charge in [-0.1, -0.05) is 60.7 Å². The predicted octanol–water partition coefficient (Wildman–Crippen LogP) is 5.44. The molecule has 1 aliphatic heterocycles. The monoisotopic (exact) mass is 285 g/mol. The first kappa shape index (κ1) is 13.1. The normalized spacial score (nSPS) is 16.6. The van der Waals surface area contributed by atoms with E-state index in [0.717, 1.165) is 6.42 Å². The number of rotatable bonds is 2. The Balaban J connectivity index is 1.70. The number of para-hydroxylation sites is 1. The molecule has 0 fully saturated rings. The maximum atomic E-state index is 2.45. The Morgan fingerprint density at radius 3 is 2.14 bits per heavy atom. The topological polar surface area (TPSA) is 3.24 Å². The van der Waals surface area contributed by atoms with Gasteiger partial charge < -0.3 is 4.90 Å². The smallest absolute Gasteiger partial charge is 0.0446 e. The minimum Gasteiger partial charge on any atom is -0.338 e. The molecule has 0 saturated heterocycles. The summed E-state index contributed by atoms with van der Waals surface area (Å²) in [7, 11) is 0. The van der Waals surface area contributed by atoms with Crippen molar-refractivity contribution in [2.24, 2.45) is 0 Å². The van der Waals surface area contributed by atoms with Gasteiger partial charge in [0.1, 0.15) is 0 Å². The van der Waals surface area contributed by atoms with Gasteiger partial charge in [0.15, 0.2) is 0 Å². The molecule has 1 nitrogen and oxygen atoms in total. The van der Waals surface area contributed by atoms with Crippen LogP contribution >= 0.6 is 0 Å². The number of nitrogens with zero attached hydrogens (tertiary/aromatic N) is 1. The second-order valence-electron chi connectivity index (χ2n) is 5.96. The van der Waals surface area contributed by atoms with E-state index in [-0.39, 0.29) is 0 Å². The Bertz CT molecular complexity index is 775. The highest BCUT2D eigenvalue weighted by Crippen LogP contribution is 2.38. The van der Waals surface area contributed by atoms with E-state index in [9.17, 15) is 0 Å². The van der Waals surface area contributed by atoms with E-state index < -0.39 is 0 Å². The summed E-state index contributed by atoms with van der Waals surface area (Å²) < 4.78 is 0. The molecule has 1 heterocycles. The number of fused-ring (bicyclic) bond motifs is 1. The molecule has 0 radical (unpaired) electrons. The van der Waals surface area contributed by atoms with Crippen LogP contribution in [0, 0.1) is 0 Å². The van der Waals surface area contributed by atoms with Gasteiger partial charge in [-0.2, -0.15) is 0 Å². The molecule has 0 amide bonds. The molecule has 0 aliphatic carbocycles. The number of anilines is 2. The maximum Gasteiger partial charge on any atom is 0.0446 e. The van der Waals surface area contributed by atoms with Gasteiger partial charge in [0.05, 0.1) is 0 Å². The molecule has 4 rings (SSSR count). The van der Waals surface area contributed by atoms with Crippen LogP contribution in [0.4, 0.5) is 11.4 Å². The predicted molar refractivity (Wildman–Crippen MR) is 93.6 cm³/mol. The zero-order chi connectivity index (χ0) is 14.9. The lowest BCUT2D eigenvalue weighted by Gasteiger charge is -2.25. The lowest BCUT2D eigenvalue weighted by Crippen LogP contribution is -2.23. The molecule has 1 aliphatic rings. The first-order chi connectivity index (χ1) is 10.8. The van der Waals surface area contributed by atoms with E-state index in [2.05, 4.69) is 90.7 Å². The molecule has 3 aromatic carbocycles. The summed E-state index contributed by atoms with van der Waals surface area (Å²) in [6.45, 7) is 2.30. The first-order valence-electron chi connectivity index (χ1n) is 7.85. The highest BCUT2D eigenvalue weighted by molar-refractivity contribution is 5.73. The van der Waals surface area contributed by atoms with Crippen LogP contribution in [0.2, 0.25) is 0 Å². The van der Waals surface area contributed by atoms with Gasteiger partial charge in [-0.05, 0) is 48.2 Å². The molecule has 1 atom stereocenters.